The summed E-state index contributed by atoms with van der Waals surface area (Å²) in [6, 6.07) is 12.5. The lowest BCUT2D eigenvalue weighted by atomic mass is 9.94. The number of nitrogens with zero attached hydrogens (tertiary/aromatic N) is 1. The summed E-state index contributed by atoms with van der Waals surface area (Å²) < 4.78 is 27.7. The van der Waals surface area contributed by atoms with Gasteiger partial charge in [0.25, 0.3) is 0 Å². The van der Waals surface area contributed by atoms with Gasteiger partial charge in [-0.15, -0.1) is 0 Å². The van der Waals surface area contributed by atoms with E-state index in [4.69, 9.17) is 5.73 Å². The van der Waals surface area contributed by atoms with E-state index in [1.807, 2.05) is 30.3 Å². The molecule has 3 nitrogen and oxygen atoms in total. The van der Waals surface area contributed by atoms with E-state index in [-0.39, 0.29) is 18.0 Å². The molecule has 0 radical (unpaired) electrons. The van der Waals surface area contributed by atoms with E-state index in [0.29, 0.717) is 6.54 Å². The highest BCUT2D eigenvalue weighted by atomic mass is 19.1. The number of nitrogens with two attached hydrogens (primary N) is 1. The lowest BCUT2D eigenvalue weighted by Crippen LogP contribution is -2.39. The molecule has 2 rings (SSSR count). The summed E-state index contributed by atoms with van der Waals surface area (Å²) in [5.74, 6) is -2.03. The first-order chi connectivity index (χ1) is 11.5. The third-order valence-corrected chi connectivity index (χ3v) is 4.22. The average molecular weight is 332 g/mol. The maximum Gasteiger partial charge on any atom is 0.227 e. The second kappa shape index (κ2) is 8.02. The van der Waals surface area contributed by atoms with E-state index in [2.05, 4.69) is 0 Å². The van der Waals surface area contributed by atoms with Crippen LogP contribution in [-0.4, -0.2) is 17.4 Å². The van der Waals surface area contributed by atoms with Crippen molar-refractivity contribution in [3.8, 4) is 0 Å². The fourth-order valence-electron chi connectivity index (χ4n) is 2.63. The monoisotopic (exact) mass is 332 g/mol. The van der Waals surface area contributed by atoms with Gasteiger partial charge in [0.2, 0.25) is 5.91 Å². The molecule has 0 bridgehead atoms. The molecule has 2 aromatic carbocycles. The van der Waals surface area contributed by atoms with Gasteiger partial charge in [0.15, 0.2) is 0 Å². The molecule has 0 aromatic heterocycles. The molecule has 0 saturated heterocycles. The Kier molecular flexibility index (Phi) is 6.04. The maximum absolute atomic E-state index is 13.8. The molecular formula is C19H22F2N2O. The second-order valence-corrected chi connectivity index (χ2v) is 5.78. The SMILES string of the molecule is CCN(Cc1c(F)cccc1F)C(=O)C(C)C(N)c1ccccc1. The van der Waals surface area contributed by atoms with Gasteiger partial charge in [-0.2, -0.15) is 0 Å². The molecule has 2 atom stereocenters. The van der Waals surface area contributed by atoms with Gasteiger partial charge in [-0.1, -0.05) is 43.3 Å². The highest BCUT2D eigenvalue weighted by Gasteiger charge is 2.27. The third kappa shape index (κ3) is 3.97. The Balaban J connectivity index is 2.16. The number of hydrogen-bond donors (Lipinski definition) is 1. The van der Waals surface area contributed by atoms with Crippen molar-refractivity contribution in [3.05, 3.63) is 71.3 Å². The van der Waals surface area contributed by atoms with Crippen molar-refractivity contribution < 1.29 is 13.6 Å². The van der Waals surface area contributed by atoms with Crippen LogP contribution in [0.3, 0.4) is 0 Å². The number of benzene rings is 2. The minimum Gasteiger partial charge on any atom is -0.338 e. The zero-order chi connectivity index (χ0) is 17.7. The van der Waals surface area contributed by atoms with Crippen LogP contribution in [0.4, 0.5) is 8.78 Å². The molecule has 0 aliphatic rings. The topological polar surface area (TPSA) is 46.3 Å². The number of hydrogen-bond acceptors (Lipinski definition) is 2. The minimum absolute atomic E-state index is 0.104. The van der Waals surface area contributed by atoms with E-state index >= 15 is 0 Å². The van der Waals surface area contributed by atoms with E-state index in [9.17, 15) is 13.6 Å². The van der Waals surface area contributed by atoms with Gasteiger partial charge in [-0.05, 0) is 24.6 Å². The molecule has 2 aromatic rings. The van der Waals surface area contributed by atoms with Gasteiger partial charge in [0, 0.05) is 18.2 Å². The van der Waals surface area contributed by atoms with Gasteiger partial charge in [-0.3, -0.25) is 4.79 Å². The minimum atomic E-state index is -0.652. The summed E-state index contributed by atoms with van der Waals surface area (Å²) in [4.78, 5) is 14.1. The maximum atomic E-state index is 13.8. The van der Waals surface area contributed by atoms with Gasteiger partial charge in [-0.25, -0.2) is 8.78 Å². The molecule has 128 valence electrons. The van der Waals surface area contributed by atoms with E-state index in [1.54, 1.807) is 13.8 Å². The number of rotatable bonds is 6. The fourth-order valence-corrected chi connectivity index (χ4v) is 2.63. The molecule has 0 heterocycles. The summed E-state index contributed by atoms with van der Waals surface area (Å²) in [7, 11) is 0. The van der Waals surface area contributed by atoms with Crippen LogP contribution in [0.15, 0.2) is 48.5 Å². The van der Waals surface area contributed by atoms with Gasteiger partial charge < -0.3 is 10.6 Å². The van der Waals surface area contributed by atoms with E-state index < -0.39 is 23.6 Å². The average Bonchev–Trinajstić information content (AvgIpc) is 2.60. The van der Waals surface area contributed by atoms with Crippen molar-refractivity contribution in [3.63, 3.8) is 0 Å². The van der Waals surface area contributed by atoms with E-state index in [1.165, 1.54) is 23.1 Å². The quantitative estimate of drug-likeness (QED) is 0.878. The van der Waals surface area contributed by atoms with Crippen LogP contribution in [0.2, 0.25) is 0 Å². The zero-order valence-corrected chi connectivity index (χ0v) is 13.9. The van der Waals surface area contributed by atoms with Crippen molar-refractivity contribution in [1.29, 1.82) is 0 Å². The Bertz CT molecular complexity index is 671. The number of amides is 1. The van der Waals surface area contributed by atoms with Crippen LogP contribution in [0, 0.1) is 17.6 Å². The molecule has 0 aliphatic carbocycles. The lowest BCUT2D eigenvalue weighted by Gasteiger charge is -2.28. The van der Waals surface area contributed by atoms with Crippen molar-refractivity contribution >= 4 is 5.91 Å². The van der Waals surface area contributed by atoms with Crippen LogP contribution >= 0.6 is 0 Å². The summed E-state index contributed by atoms with van der Waals surface area (Å²) in [6.07, 6.45) is 0. The van der Waals surface area contributed by atoms with Crippen molar-refractivity contribution in [2.75, 3.05) is 6.54 Å². The number of halogens is 2. The molecule has 2 N–H and O–H groups in total. The Morgan fingerprint density at radius 3 is 2.21 bits per heavy atom. The molecule has 2 unspecified atom stereocenters. The molecule has 1 amide bonds. The highest BCUT2D eigenvalue weighted by molar-refractivity contribution is 5.79. The Labute approximate surface area is 141 Å². The lowest BCUT2D eigenvalue weighted by molar-refractivity contribution is -0.136. The Morgan fingerprint density at radius 2 is 1.67 bits per heavy atom. The first-order valence-electron chi connectivity index (χ1n) is 7.97. The van der Waals surface area contributed by atoms with Crippen molar-refractivity contribution in [2.45, 2.75) is 26.4 Å². The smallest absolute Gasteiger partial charge is 0.227 e. The van der Waals surface area contributed by atoms with Crippen LogP contribution < -0.4 is 5.73 Å². The fraction of sp³-hybridized carbons (Fsp3) is 0.316. The summed E-state index contributed by atoms with van der Waals surface area (Å²) in [5, 5.41) is 0. The van der Waals surface area contributed by atoms with Crippen LogP contribution in [-0.2, 0) is 11.3 Å². The zero-order valence-electron chi connectivity index (χ0n) is 13.9. The van der Waals surface area contributed by atoms with Crippen LogP contribution in [0.5, 0.6) is 0 Å². The molecule has 5 heteroatoms. The van der Waals surface area contributed by atoms with Crippen LogP contribution in [0.1, 0.15) is 31.0 Å². The molecule has 0 saturated carbocycles. The van der Waals surface area contributed by atoms with Crippen LogP contribution in [0.25, 0.3) is 0 Å². The second-order valence-electron chi connectivity index (χ2n) is 5.78. The largest absolute Gasteiger partial charge is 0.338 e. The standard InChI is InChI=1S/C19H22F2N2O/c1-3-23(12-15-16(20)10-7-11-17(15)21)19(24)13(2)18(22)14-8-5-4-6-9-14/h4-11,13,18H,3,12,22H2,1-2H3. The Hall–Kier alpha value is -2.27. The van der Waals surface area contributed by atoms with Gasteiger partial charge in [0.05, 0.1) is 12.5 Å². The predicted octanol–water partition coefficient (Wildman–Crippen LogP) is 3.65. The van der Waals surface area contributed by atoms with Crippen molar-refractivity contribution in [1.82, 2.24) is 4.90 Å². The normalized spacial score (nSPS) is 13.4. The molecular weight excluding hydrogens is 310 g/mol. The molecule has 24 heavy (non-hydrogen) atoms. The van der Waals surface area contributed by atoms with Gasteiger partial charge in [0.1, 0.15) is 11.6 Å². The summed E-state index contributed by atoms with van der Waals surface area (Å²) >= 11 is 0. The third-order valence-electron chi connectivity index (χ3n) is 4.22. The molecule has 0 aliphatic heterocycles. The predicted molar refractivity (Wildman–Crippen MR) is 90.0 cm³/mol. The molecule has 0 spiro atoms. The highest BCUT2D eigenvalue weighted by Crippen LogP contribution is 2.23. The summed E-state index contributed by atoms with van der Waals surface area (Å²) in [5.41, 5.74) is 6.94. The van der Waals surface area contributed by atoms with Gasteiger partial charge >= 0.3 is 0 Å². The summed E-state index contributed by atoms with van der Waals surface area (Å²) in [6.45, 7) is 3.75. The van der Waals surface area contributed by atoms with E-state index in [0.717, 1.165) is 5.56 Å². The first-order valence-corrected chi connectivity index (χ1v) is 7.97. The Morgan fingerprint density at radius 1 is 1.08 bits per heavy atom. The number of carbonyl (C=O) groups is 1. The molecule has 0 fully saturated rings. The first kappa shape index (κ1) is 18.1. The number of carbonyl (C=O) groups excluding carboxylic acids is 1. The van der Waals surface area contributed by atoms with Crippen molar-refractivity contribution in [2.24, 2.45) is 11.7 Å².